The average molecular weight is 399 g/mol. The van der Waals surface area contributed by atoms with Crippen LogP contribution in [-0.2, 0) is 0 Å². The van der Waals surface area contributed by atoms with Crippen molar-refractivity contribution in [3.63, 3.8) is 0 Å². The van der Waals surface area contributed by atoms with Crippen LogP contribution in [0.4, 0.5) is 0 Å². The highest BCUT2D eigenvalue weighted by Gasteiger charge is 2.02. The van der Waals surface area contributed by atoms with E-state index < -0.39 is 0 Å². The first-order valence-corrected chi connectivity index (χ1v) is 9.69. The number of hydrogen-bond acceptors (Lipinski definition) is 7. The van der Waals surface area contributed by atoms with Gasteiger partial charge in [0.05, 0.1) is 10.8 Å². The van der Waals surface area contributed by atoms with Crippen LogP contribution < -0.4 is 11.1 Å². The van der Waals surface area contributed by atoms with E-state index in [2.05, 4.69) is 19.9 Å². The van der Waals surface area contributed by atoms with Gasteiger partial charge in [0.15, 0.2) is 9.93 Å². The van der Waals surface area contributed by atoms with Gasteiger partial charge in [0, 0.05) is 0 Å². The lowest BCUT2D eigenvalue weighted by atomic mass is 10.4. The fourth-order valence-electron chi connectivity index (χ4n) is 1.83. The van der Waals surface area contributed by atoms with Crippen LogP contribution in [0.25, 0.3) is 20.4 Å². The molecule has 0 amide bonds. The lowest BCUT2D eigenvalue weighted by Gasteiger charge is -1.93. The van der Waals surface area contributed by atoms with Gasteiger partial charge in [-0.2, -0.15) is 0 Å². The molecule has 0 aliphatic heterocycles. The zero-order valence-electron chi connectivity index (χ0n) is 11.7. The quantitative estimate of drug-likeness (QED) is 0.256. The molecule has 4 rings (SSSR count). The molecule has 0 radical (unpaired) electrons. The molecule has 4 aromatic rings. The second-order valence-electron chi connectivity index (χ2n) is 4.29. The monoisotopic (exact) mass is 398 g/mol. The smallest absolute Gasteiger partial charge is 0.260 e. The number of hydrogen-bond donors (Lipinski definition) is 3. The predicted molar refractivity (Wildman–Crippen MR) is 106 cm³/mol. The molecule has 0 unspecified atom stereocenters. The molecule has 126 valence electrons. The molecule has 0 aliphatic carbocycles. The van der Waals surface area contributed by atoms with Crippen LogP contribution in [0, 0.1) is 4.77 Å². The summed E-state index contributed by atoms with van der Waals surface area (Å²) in [7, 11) is 0. The Bertz CT molecular complexity index is 1140. The van der Waals surface area contributed by atoms with Crippen molar-refractivity contribution in [1.29, 1.82) is 0 Å². The van der Waals surface area contributed by atoms with Crippen LogP contribution in [0.5, 0.6) is 0 Å². The zero-order valence-corrected chi connectivity index (χ0v) is 15.0. The van der Waals surface area contributed by atoms with E-state index in [1.165, 1.54) is 34.4 Å². The maximum absolute atomic E-state index is 11.3. The molecule has 0 saturated carbocycles. The van der Waals surface area contributed by atoms with Crippen molar-refractivity contribution in [2.75, 3.05) is 6.26 Å². The van der Waals surface area contributed by atoms with Gasteiger partial charge in [-0.25, -0.2) is 4.98 Å². The van der Waals surface area contributed by atoms with E-state index >= 15 is 0 Å². The summed E-state index contributed by atoms with van der Waals surface area (Å²) in [4.78, 5) is 36.4. The predicted octanol–water partition coefficient (Wildman–Crippen LogP) is 3.99. The van der Waals surface area contributed by atoms with Crippen molar-refractivity contribution < 1.29 is 0 Å². The van der Waals surface area contributed by atoms with E-state index in [9.17, 15) is 9.59 Å². The maximum atomic E-state index is 11.3. The average Bonchev–Trinajstić information content (AvgIpc) is 3.16. The Labute approximate surface area is 154 Å². The zero-order chi connectivity index (χ0) is 16.4. The first-order chi connectivity index (χ1) is 11.1. The Morgan fingerprint density at radius 2 is 1.71 bits per heavy atom. The van der Waals surface area contributed by atoms with E-state index in [4.69, 9.17) is 12.2 Å². The molecule has 0 aliphatic rings. The standard InChI is InChI=1S/C7H6N2OS2.C6H4N2OS2.CH4/c1-11-7-8-5(10)4-2-3-12-6(4)9-7;9-4-3-1-2-11-5(3)8-6(10)7-4;/h2-3H,1H3,(H,8,9,10);1-2H,(H2,7,8,9,10);1H4. The third-order valence-corrected chi connectivity index (χ3v) is 5.29. The second-order valence-corrected chi connectivity index (χ2v) is 7.30. The van der Waals surface area contributed by atoms with E-state index in [0.29, 0.717) is 20.7 Å². The number of aromatic nitrogens is 4. The topological polar surface area (TPSA) is 94.4 Å². The van der Waals surface area contributed by atoms with E-state index in [1.807, 2.05) is 17.0 Å². The molecule has 0 saturated heterocycles. The first-order valence-electron chi connectivity index (χ1n) is 6.30. The van der Waals surface area contributed by atoms with Crippen molar-refractivity contribution in [1.82, 2.24) is 19.9 Å². The van der Waals surface area contributed by atoms with Gasteiger partial charge >= 0.3 is 0 Å². The Morgan fingerprint density at radius 3 is 2.46 bits per heavy atom. The number of nitrogens with one attached hydrogen (secondary N) is 3. The van der Waals surface area contributed by atoms with Gasteiger partial charge in [0.1, 0.15) is 9.66 Å². The molecule has 0 spiro atoms. The summed E-state index contributed by atoms with van der Waals surface area (Å²) in [5.74, 6) is 0. The number of aromatic amines is 3. The molecular formula is C14H14N4O2S4. The summed E-state index contributed by atoms with van der Waals surface area (Å²) in [6.45, 7) is 0. The highest BCUT2D eigenvalue weighted by molar-refractivity contribution is 7.98. The molecule has 0 atom stereocenters. The third-order valence-electron chi connectivity index (χ3n) is 2.87. The molecule has 6 nitrogen and oxygen atoms in total. The van der Waals surface area contributed by atoms with E-state index in [1.54, 1.807) is 12.1 Å². The fraction of sp³-hybridized carbons (Fsp3) is 0.143. The molecule has 0 bridgehead atoms. The number of rotatable bonds is 1. The van der Waals surface area contributed by atoms with Crippen molar-refractivity contribution in [3.05, 3.63) is 48.4 Å². The summed E-state index contributed by atoms with van der Waals surface area (Å²) >= 11 is 9.19. The number of thiophene rings is 2. The molecule has 3 N–H and O–H groups in total. The largest absolute Gasteiger partial charge is 0.323 e. The highest BCUT2D eigenvalue weighted by Crippen LogP contribution is 2.16. The fourth-order valence-corrected chi connectivity index (χ4v) is 4.08. The Kier molecular flexibility index (Phi) is 6.10. The van der Waals surface area contributed by atoms with Crippen LogP contribution in [-0.4, -0.2) is 26.2 Å². The normalized spacial score (nSPS) is 10.2. The van der Waals surface area contributed by atoms with Crippen LogP contribution in [0.2, 0.25) is 0 Å². The maximum Gasteiger partial charge on any atom is 0.260 e. The molecule has 24 heavy (non-hydrogen) atoms. The Hall–Kier alpha value is -1.75. The van der Waals surface area contributed by atoms with E-state index in [-0.39, 0.29) is 18.5 Å². The van der Waals surface area contributed by atoms with Gasteiger partial charge in [-0.05, 0) is 41.4 Å². The number of fused-ring (bicyclic) bond motifs is 2. The molecular weight excluding hydrogens is 384 g/mol. The molecule has 10 heteroatoms. The summed E-state index contributed by atoms with van der Waals surface area (Å²) in [5, 5.41) is 5.75. The molecule has 0 fully saturated rings. The minimum absolute atomic E-state index is 0. The lowest BCUT2D eigenvalue weighted by Crippen LogP contribution is -2.06. The minimum Gasteiger partial charge on any atom is -0.323 e. The summed E-state index contributed by atoms with van der Waals surface area (Å²) in [6, 6.07) is 3.56. The SMILES string of the molecule is C.CSc1nc2sccc2c(=O)[nH]1.O=c1[nH]c(=S)[nH]c2sccc12. The van der Waals surface area contributed by atoms with Crippen molar-refractivity contribution in [2.24, 2.45) is 0 Å². The number of nitrogens with zero attached hydrogens (tertiary/aromatic N) is 1. The van der Waals surface area contributed by atoms with Gasteiger partial charge in [-0.15, -0.1) is 22.7 Å². The Balaban J connectivity index is 0.000000167. The van der Waals surface area contributed by atoms with Gasteiger partial charge in [0.2, 0.25) is 0 Å². The van der Waals surface area contributed by atoms with Crippen LogP contribution in [0.3, 0.4) is 0 Å². The van der Waals surface area contributed by atoms with Gasteiger partial charge < -0.3 is 9.97 Å². The lowest BCUT2D eigenvalue weighted by molar-refractivity contribution is 0.984. The van der Waals surface area contributed by atoms with Gasteiger partial charge in [-0.1, -0.05) is 19.2 Å². The molecule has 0 aromatic carbocycles. The van der Waals surface area contributed by atoms with Crippen LogP contribution >= 0.6 is 46.7 Å². The van der Waals surface area contributed by atoms with Crippen molar-refractivity contribution in [2.45, 2.75) is 12.6 Å². The number of thioether (sulfide) groups is 1. The van der Waals surface area contributed by atoms with Crippen molar-refractivity contribution >= 4 is 67.1 Å². The summed E-state index contributed by atoms with van der Waals surface area (Å²) in [5.41, 5.74) is -0.171. The van der Waals surface area contributed by atoms with Crippen LogP contribution in [0.15, 0.2) is 37.6 Å². The van der Waals surface area contributed by atoms with Gasteiger partial charge in [0.25, 0.3) is 11.1 Å². The van der Waals surface area contributed by atoms with Crippen LogP contribution in [0.1, 0.15) is 7.43 Å². The van der Waals surface area contributed by atoms with Gasteiger partial charge in [-0.3, -0.25) is 14.6 Å². The number of H-pyrrole nitrogens is 3. The third kappa shape index (κ3) is 3.83. The Morgan fingerprint density at radius 1 is 1.04 bits per heavy atom. The molecule has 4 heterocycles. The van der Waals surface area contributed by atoms with Crippen molar-refractivity contribution in [3.8, 4) is 0 Å². The highest BCUT2D eigenvalue weighted by atomic mass is 32.2. The summed E-state index contributed by atoms with van der Waals surface area (Å²) in [6.07, 6.45) is 1.89. The second kappa shape index (κ2) is 7.88. The minimum atomic E-state index is -0.120. The molecule has 4 aromatic heterocycles. The summed E-state index contributed by atoms with van der Waals surface area (Å²) < 4.78 is 0.380. The van der Waals surface area contributed by atoms with E-state index in [0.717, 1.165) is 9.66 Å². The first kappa shape index (κ1) is 18.6.